The molecule has 1 aromatic carbocycles. The van der Waals surface area contributed by atoms with Crippen molar-refractivity contribution >= 4 is 16.9 Å². The number of hydrogen-bond acceptors (Lipinski definition) is 5. The second-order valence-corrected chi connectivity index (χ2v) is 7.02. The third kappa shape index (κ3) is 2.85. The summed E-state index contributed by atoms with van der Waals surface area (Å²) in [5.74, 6) is 2.65. The predicted octanol–water partition coefficient (Wildman–Crippen LogP) is 2.52. The fourth-order valence-electron chi connectivity index (χ4n) is 3.28. The zero-order valence-electron chi connectivity index (χ0n) is 14.3. The monoisotopic (exact) mass is 322 g/mol. The summed E-state index contributed by atoms with van der Waals surface area (Å²) in [6.45, 7) is 9.25. The molecule has 24 heavy (non-hydrogen) atoms. The number of piperazine rings is 1. The van der Waals surface area contributed by atoms with Gasteiger partial charge in [-0.2, -0.15) is 0 Å². The molecule has 2 aromatic heterocycles. The minimum atomic E-state index is 0.0930. The summed E-state index contributed by atoms with van der Waals surface area (Å²) < 4.78 is 0. The second kappa shape index (κ2) is 5.56. The van der Waals surface area contributed by atoms with Crippen LogP contribution in [0.3, 0.4) is 0 Å². The molecule has 0 bridgehead atoms. The molecule has 0 radical (unpaired) electrons. The Balaban J connectivity index is 1.68. The Morgan fingerprint density at radius 2 is 2.04 bits per heavy atom. The van der Waals surface area contributed by atoms with Crippen LogP contribution in [0.1, 0.15) is 19.7 Å². The number of benzene rings is 1. The quantitative estimate of drug-likeness (QED) is 0.759. The first-order valence-electron chi connectivity index (χ1n) is 8.30. The van der Waals surface area contributed by atoms with Gasteiger partial charge in [-0.05, 0) is 45.0 Å². The van der Waals surface area contributed by atoms with Gasteiger partial charge < -0.3 is 15.2 Å². The molecule has 0 saturated carbocycles. The number of hydrogen-bond donors (Lipinski definition) is 2. The molecule has 0 unspecified atom stereocenters. The highest BCUT2D eigenvalue weighted by molar-refractivity contribution is 5.80. The van der Waals surface area contributed by atoms with Crippen LogP contribution in [0.5, 0.6) is 0 Å². The van der Waals surface area contributed by atoms with Gasteiger partial charge in [-0.1, -0.05) is 0 Å². The van der Waals surface area contributed by atoms with Gasteiger partial charge in [0, 0.05) is 36.9 Å². The molecule has 3 heterocycles. The maximum Gasteiger partial charge on any atom is 0.161 e. The molecule has 1 aliphatic heterocycles. The van der Waals surface area contributed by atoms with Crippen LogP contribution in [0.25, 0.3) is 22.4 Å². The van der Waals surface area contributed by atoms with E-state index in [2.05, 4.69) is 45.1 Å². The molecule has 4 rings (SSSR count). The third-order valence-electron chi connectivity index (χ3n) is 4.39. The fraction of sp³-hybridized carbons (Fsp3) is 0.389. The topological polar surface area (TPSA) is 69.7 Å². The van der Waals surface area contributed by atoms with Gasteiger partial charge in [0.25, 0.3) is 0 Å². The maximum absolute atomic E-state index is 4.80. The molecule has 1 fully saturated rings. The summed E-state index contributed by atoms with van der Waals surface area (Å²) in [4.78, 5) is 19.3. The molecule has 3 aromatic rings. The minimum Gasteiger partial charge on any atom is -0.353 e. The van der Waals surface area contributed by atoms with Gasteiger partial charge in [0.2, 0.25) is 0 Å². The van der Waals surface area contributed by atoms with Crippen molar-refractivity contribution in [3.63, 3.8) is 0 Å². The summed E-state index contributed by atoms with van der Waals surface area (Å²) in [6.07, 6.45) is 1.84. The van der Waals surface area contributed by atoms with Crippen LogP contribution < -0.4 is 10.2 Å². The Labute approximate surface area is 141 Å². The van der Waals surface area contributed by atoms with Gasteiger partial charge in [0.1, 0.15) is 11.6 Å². The highest BCUT2D eigenvalue weighted by Gasteiger charge is 2.26. The maximum atomic E-state index is 4.80. The smallest absolute Gasteiger partial charge is 0.161 e. The molecule has 0 atom stereocenters. The van der Waals surface area contributed by atoms with E-state index >= 15 is 0 Å². The Kier molecular flexibility index (Phi) is 3.49. The van der Waals surface area contributed by atoms with Crippen LogP contribution in [-0.2, 0) is 0 Å². The lowest BCUT2D eigenvalue weighted by Gasteiger charge is -2.39. The zero-order chi connectivity index (χ0) is 16.7. The molecule has 0 amide bonds. The van der Waals surface area contributed by atoms with Crippen LogP contribution in [0, 0.1) is 6.92 Å². The van der Waals surface area contributed by atoms with Gasteiger partial charge in [-0.15, -0.1) is 0 Å². The van der Waals surface area contributed by atoms with Gasteiger partial charge >= 0.3 is 0 Å². The van der Waals surface area contributed by atoms with Gasteiger partial charge in [-0.3, -0.25) is 0 Å². The van der Waals surface area contributed by atoms with Crippen molar-refractivity contribution in [1.82, 2.24) is 25.3 Å². The number of aromatic amines is 1. The van der Waals surface area contributed by atoms with E-state index in [-0.39, 0.29) is 5.54 Å². The van der Waals surface area contributed by atoms with E-state index in [4.69, 9.17) is 4.98 Å². The molecule has 2 N–H and O–H groups in total. The summed E-state index contributed by atoms with van der Waals surface area (Å²) in [7, 11) is 0. The van der Waals surface area contributed by atoms with Crippen molar-refractivity contribution in [2.75, 3.05) is 24.5 Å². The molecular weight excluding hydrogens is 300 g/mol. The zero-order valence-corrected chi connectivity index (χ0v) is 14.3. The number of rotatable bonds is 2. The minimum absolute atomic E-state index is 0.0930. The van der Waals surface area contributed by atoms with E-state index < -0.39 is 0 Å². The number of imidazole rings is 1. The Hall–Kier alpha value is -2.47. The lowest BCUT2D eigenvalue weighted by molar-refractivity contribution is 0.352. The van der Waals surface area contributed by atoms with Crippen molar-refractivity contribution in [1.29, 1.82) is 0 Å². The summed E-state index contributed by atoms with van der Waals surface area (Å²) in [5.41, 5.74) is 3.08. The van der Waals surface area contributed by atoms with E-state index in [0.717, 1.165) is 53.7 Å². The van der Waals surface area contributed by atoms with Crippen molar-refractivity contribution in [3.05, 3.63) is 36.3 Å². The number of nitrogens with zero attached hydrogens (tertiary/aromatic N) is 4. The number of anilines is 1. The summed E-state index contributed by atoms with van der Waals surface area (Å²) in [5, 5.41) is 3.53. The van der Waals surface area contributed by atoms with E-state index in [9.17, 15) is 0 Å². The molecule has 0 spiro atoms. The van der Waals surface area contributed by atoms with Crippen LogP contribution in [0.15, 0.2) is 30.5 Å². The first-order valence-corrected chi connectivity index (χ1v) is 8.30. The van der Waals surface area contributed by atoms with E-state index in [1.165, 1.54) is 0 Å². The van der Waals surface area contributed by atoms with Crippen LogP contribution in [0.4, 0.5) is 5.82 Å². The van der Waals surface area contributed by atoms with Crippen molar-refractivity contribution < 1.29 is 0 Å². The Morgan fingerprint density at radius 1 is 1.17 bits per heavy atom. The normalized spacial score (nSPS) is 17.4. The lowest BCUT2D eigenvalue weighted by Crippen LogP contribution is -2.57. The summed E-state index contributed by atoms with van der Waals surface area (Å²) in [6, 6.07) is 8.10. The number of nitrogens with one attached hydrogen (secondary N) is 2. The second-order valence-electron chi connectivity index (χ2n) is 7.02. The highest BCUT2D eigenvalue weighted by atomic mass is 15.3. The third-order valence-corrected chi connectivity index (χ3v) is 4.39. The van der Waals surface area contributed by atoms with Crippen molar-refractivity contribution in [2.24, 2.45) is 0 Å². The van der Waals surface area contributed by atoms with Crippen LogP contribution >= 0.6 is 0 Å². The van der Waals surface area contributed by atoms with Crippen LogP contribution in [0.2, 0.25) is 0 Å². The molecular formula is C18H22N6. The van der Waals surface area contributed by atoms with E-state index in [1.54, 1.807) is 0 Å². The molecule has 1 saturated heterocycles. The SMILES string of the molecule is Cc1nc2ccc(-c3nccc(N4CCNC(C)(C)C4)n3)cc2[nH]1. The molecule has 0 aliphatic carbocycles. The van der Waals surface area contributed by atoms with Crippen LogP contribution in [-0.4, -0.2) is 45.1 Å². The molecule has 6 heteroatoms. The number of fused-ring (bicyclic) bond motifs is 1. The molecule has 1 aliphatic rings. The van der Waals surface area contributed by atoms with Crippen molar-refractivity contribution in [3.8, 4) is 11.4 Å². The predicted molar refractivity (Wildman–Crippen MR) is 96.2 cm³/mol. The molecule has 6 nitrogen and oxygen atoms in total. The standard InChI is InChI=1S/C18H22N6/c1-12-21-14-5-4-13(10-15(14)22-12)17-19-7-6-16(23-17)24-9-8-20-18(2,3)11-24/h4-7,10,20H,8-9,11H2,1-3H3,(H,21,22). The average Bonchev–Trinajstić information content (AvgIpc) is 2.93. The van der Waals surface area contributed by atoms with E-state index in [1.807, 2.05) is 31.3 Å². The van der Waals surface area contributed by atoms with Crippen molar-refractivity contribution in [2.45, 2.75) is 26.3 Å². The highest BCUT2D eigenvalue weighted by Crippen LogP contribution is 2.23. The van der Waals surface area contributed by atoms with Gasteiger partial charge in [0.05, 0.1) is 11.0 Å². The van der Waals surface area contributed by atoms with E-state index in [0.29, 0.717) is 0 Å². The Bertz CT molecular complexity index is 882. The van der Waals surface area contributed by atoms with Gasteiger partial charge in [-0.25, -0.2) is 15.0 Å². The number of H-pyrrole nitrogens is 1. The fourth-order valence-corrected chi connectivity index (χ4v) is 3.28. The Morgan fingerprint density at radius 3 is 2.88 bits per heavy atom. The first-order chi connectivity index (χ1) is 11.5. The summed E-state index contributed by atoms with van der Waals surface area (Å²) >= 11 is 0. The van der Waals surface area contributed by atoms with Gasteiger partial charge in [0.15, 0.2) is 5.82 Å². The first kappa shape index (κ1) is 15.1. The average molecular weight is 322 g/mol. The number of aromatic nitrogens is 4. The largest absolute Gasteiger partial charge is 0.353 e. The molecule has 124 valence electrons. The number of aryl methyl sites for hydroxylation is 1. The lowest BCUT2D eigenvalue weighted by atomic mass is 10.0.